The summed E-state index contributed by atoms with van der Waals surface area (Å²) < 4.78 is 41.6. The number of nitrogens with zero attached hydrogens (tertiary/aromatic N) is 1. The minimum Gasteiger partial charge on any atom is -0.418 e. The molecule has 1 fully saturated rings. The van der Waals surface area contributed by atoms with E-state index >= 15 is 0 Å². The van der Waals surface area contributed by atoms with Crippen LogP contribution in [-0.2, 0) is 0 Å². The van der Waals surface area contributed by atoms with Gasteiger partial charge in [0.1, 0.15) is 0 Å². The second-order valence-electron chi connectivity index (χ2n) is 9.62. The number of pyridine rings is 1. The molecule has 3 aromatic carbocycles. The molecule has 1 aliphatic rings. The molecule has 4 aromatic rings. The Morgan fingerprint density at radius 2 is 0.973 bits per heavy atom. The molecule has 6 heteroatoms. The summed E-state index contributed by atoms with van der Waals surface area (Å²) in [6.45, 7) is 2.44. The van der Waals surface area contributed by atoms with Gasteiger partial charge in [0.15, 0.2) is 6.04 Å². The van der Waals surface area contributed by atoms with Crippen LogP contribution in [0.3, 0.4) is 0 Å². The van der Waals surface area contributed by atoms with Crippen LogP contribution < -0.4 is 4.57 Å². The van der Waals surface area contributed by atoms with Gasteiger partial charge < -0.3 is 17.3 Å². The largest absolute Gasteiger partial charge is 0.673 e. The molecule has 0 aliphatic heterocycles. The highest BCUT2D eigenvalue weighted by molar-refractivity contribution is 6.50. The van der Waals surface area contributed by atoms with Gasteiger partial charge in [-0.2, -0.15) is 4.57 Å². The van der Waals surface area contributed by atoms with E-state index in [1.165, 1.54) is 65.7 Å². The quantitative estimate of drug-likeness (QED) is 0.145. The van der Waals surface area contributed by atoms with Crippen LogP contribution in [0.5, 0.6) is 0 Å². The average molecular weight is 505 g/mol. The van der Waals surface area contributed by atoms with Gasteiger partial charge in [-0.1, -0.05) is 86.0 Å². The highest BCUT2D eigenvalue weighted by Crippen LogP contribution is 2.35. The van der Waals surface area contributed by atoms with Crippen molar-refractivity contribution < 1.29 is 21.8 Å². The predicted octanol–water partition coefficient (Wildman–Crippen LogP) is 9.42. The van der Waals surface area contributed by atoms with E-state index in [0.717, 1.165) is 5.92 Å². The molecule has 0 spiro atoms. The molecule has 1 aromatic heterocycles. The molecule has 1 saturated carbocycles. The maximum Gasteiger partial charge on any atom is 0.673 e. The molecule has 1 heterocycles. The first-order valence-electron chi connectivity index (χ1n) is 12.9. The molecule has 1 aliphatic carbocycles. The highest BCUT2D eigenvalue weighted by atomic mass is 19.5. The van der Waals surface area contributed by atoms with Crippen molar-refractivity contribution in [3.8, 4) is 33.6 Å². The second-order valence-corrected chi connectivity index (χ2v) is 9.62. The third-order valence-corrected chi connectivity index (χ3v) is 7.09. The minimum atomic E-state index is -6.00. The van der Waals surface area contributed by atoms with Crippen molar-refractivity contribution in [2.24, 2.45) is 5.92 Å². The molecule has 0 saturated heterocycles. The van der Waals surface area contributed by atoms with Gasteiger partial charge in [0, 0.05) is 29.2 Å². The molecule has 1 nitrogen and oxygen atoms in total. The molecular formula is C31H32BF4N. The third-order valence-electron chi connectivity index (χ3n) is 7.09. The summed E-state index contributed by atoms with van der Waals surface area (Å²) in [7, 11) is -6.00. The average Bonchev–Trinajstić information content (AvgIpc) is 2.93. The highest BCUT2D eigenvalue weighted by Gasteiger charge is 2.33. The zero-order valence-electron chi connectivity index (χ0n) is 21.0. The molecule has 37 heavy (non-hydrogen) atoms. The van der Waals surface area contributed by atoms with Gasteiger partial charge in [0.2, 0.25) is 11.4 Å². The maximum atomic E-state index is 9.75. The molecule has 0 N–H and O–H groups in total. The smallest absolute Gasteiger partial charge is 0.418 e. The fraction of sp³-hybridized carbons (Fsp3) is 0.258. The van der Waals surface area contributed by atoms with Gasteiger partial charge in [-0.25, -0.2) is 0 Å². The number of halogens is 4. The fourth-order valence-corrected chi connectivity index (χ4v) is 5.33. The standard InChI is InChI=1S/C31H32N.BF4/c1-24(25-14-6-2-7-15-25)32-30(27-18-10-4-11-19-27)22-29(26-16-8-3-9-17-26)23-31(32)28-20-12-5-13-21-28;2-1(3,4)5/h3-5,8-13,16-25H,2,6-7,14-15H2,1H3;/q+1;-1. The number of aromatic nitrogens is 1. The van der Waals surface area contributed by atoms with Crippen molar-refractivity contribution in [1.82, 2.24) is 0 Å². The van der Waals surface area contributed by atoms with Crippen molar-refractivity contribution in [3.63, 3.8) is 0 Å². The van der Waals surface area contributed by atoms with Crippen LogP contribution in [-0.4, -0.2) is 7.25 Å². The lowest BCUT2D eigenvalue weighted by molar-refractivity contribution is -0.706. The molecular weight excluding hydrogens is 473 g/mol. The molecule has 1 unspecified atom stereocenters. The van der Waals surface area contributed by atoms with Crippen LogP contribution >= 0.6 is 0 Å². The van der Waals surface area contributed by atoms with Gasteiger partial charge >= 0.3 is 7.25 Å². The monoisotopic (exact) mass is 505 g/mol. The normalized spacial score (nSPS) is 14.9. The van der Waals surface area contributed by atoms with Crippen molar-refractivity contribution in [3.05, 3.63) is 103 Å². The van der Waals surface area contributed by atoms with Gasteiger partial charge in [-0.3, -0.25) is 0 Å². The van der Waals surface area contributed by atoms with E-state index in [-0.39, 0.29) is 0 Å². The van der Waals surface area contributed by atoms with Gasteiger partial charge in [-0.15, -0.1) is 0 Å². The first kappa shape index (κ1) is 26.7. The lowest BCUT2D eigenvalue weighted by Gasteiger charge is -2.27. The number of hydrogen-bond acceptors (Lipinski definition) is 0. The van der Waals surface area contributed by atoms with Crippen LogP contribution in [0.2, 0.25) is 0 Å². The summed E-state index contributed by atoms with van der Waals surface area (Å²) in [6, 6.07) is 37.9. The Morgan fingerprint density at radius 3 is 1.38 bits per heavy atom. The maximum absolute atomic E-state index is 9.75. The van der Waals surface area contributed by atoms with Gasteiger partial charge in [0.25, 0.3) is 0 Å². The molecule has 5 rings (SSSR count). The Kier molecular flexibility index (Phi) is 8.80. The second kappa shape index (κ2) is 12.2. The summed E-state index contributed by atoms with van der Waals surface area (Å²) in [4.78, 5) is 0. The van der Waals surface area contributed by atoms with E-state index in [9.17, 15) is 17.3 Å². The Hall–Kier alpha value is -3.41. The summed E-state index contributed by atoms with van der Waals surface area (Å²) in [5, 5.41) is 0. The Balaban J connectivity index is 0.000000586. The van der Waals surface area contributed by atoms with Crippen LogP contribution in [0.1, 0.15) is 45.1 Å². The Labute approximate surface area is 216 Å². The molecule has 0 bridgehead atoms. The van der Waals surface area contributed by atoms with E-state index < -0.39 is 7.25 Å². The molecule has 192 valence electrons. The SMILES string of the molecule is CC(C1CCCCC1)[n+]1c(-c2ccccc2)cc(-c2ccccc2)cc1-c1ccccc1.F[B-](F)(F)F. The summed E-state index contributed by atoms with van der Waals surface area (Å²) in [5.74, 6) is 0.723. The molecule has 0 radical (unpaired) electrons. The number of hydrogen-bond donors (Lipinski definition) is 0. The predicted molar refractivity (Wildman–Crippen MR) is 144 cm³/mol. The van der Waals surface area contributed by atoms with E-state index in [0.29, 0.717) is 6.04 Å². The van der Waals surface area contributed by atoms with Crippen LogP contribution in [0, 0.1) is 5.92 Å². The Morgan fingerprint density at radius 1 is 0.595 bits per heavy atom. The molecule has 1 atom stereocenters. The van der Waals surface area contributed by atoms with E-state index in [1.807, 2.05) is 0 Å². The van der Waals surface area contributed by atoms with Crippen molar-refractivity contribution >= 4 is 7.25 Å². The summed E-state index contributed by atoms with van der Waals surface area (Å²) in [6.07, 6.45) is 6.77. The lowest BCUT2D eigenvalue weighted by atomic mass is 9.83. The number of benzene rings is 3. The topological polar surface area (TPSA) is 3.88 Å². The van der Waals surface area contributed by atoms with Gasteiger partial charge in [0.05, 0.1) is 0 Å². The van der Waals surface area contributed by atoms with Crippen molar-refractivity contribution in [2.75, 3.05) is 0 Å². The van der Waals surface area contributed by atoms with Crippen LogP contribution in [0.4, 0.5) is 17.3 Å². The van der Waals surface area contributed by atoms with Crippen LogP contribution in [0.15, 0.2) is 103 Å². The fourth-order valence-electron chi connectivity index (χ4n) is 5.33. The summed E-state index contributed by atoms with van der Waals surface area (Å²) >= 11 is 0. The van der Waals surface area contributed by atoms with E-state index in [4.69, 9.17) is 0 Å². The van der Waals surface area contributed by atoms with Gasteiger partial charge in [-0.05, 0) is 55.2 Å². The minimum absolute atomic E-state index is 0.450. The van der Waals surface area contributed by atoms with Crippen molar-refractivity contribution in [1.29, 1.82) is 0 Å². The third kappa shape index (κ3) is 7.31. The zero-order chi connectivity index (χ0) is 26.3. The first-order chi connectivity index (χ1) is 17.8. The van der Waals surface area contributed by atoms with E-state index in [1.54, 1.807) is 0 Å². The first-order valence-corrected chi connectivity index (χ1v) is 12.9. The number of rotatable bonds is 5. The Bertz CT molecular complexity index is 1190. The lowest BCUT2D eigenvalue weighted by Crippen LogP contribution is -2.46. The zero-order valence-corrected chi connectivity index (χ0v) is 21.0. The molecule has 0 amide bonds. The summed E-state index contributed by atoms with van der Waals surface area (Å²) in [5.41, 5.74) is 7.72. The van der Waals surface area contributed by atoms with Crippen molar-refractivity contribution in [2.45, 2.75) is 45.1 Å². The van der Waals surface area contributed by atoms with E-state index in [2.05, 4.69) is 115 Å². The van der Waals surface area contributed by atoms with Crippen LogP contribution in [0.25, 0.3) is 33.6 Å².